The van der Waals surface area contributed by atoms with Gasteiger partial charge < -0.3 is 16.3 Å². The lowest BCUT2D eigenvalue weighted by Crippen LogP contribution is -2.52. The second-order valence-electron chi connectivity index (χ2n) is 3.27. The van der Waals surface area contributed by atoms with Crippen LogP contribution in [-0.2, 0) is 4.79 Å². The van der Waals surface area contributed by atoms with E-state index in [-0.39, 0.29) is 0 Å². The topological polar surface area (TPSA) is 87.7 Å². The van der Waals surface area contributed by atoms with Crippen molar-refractivity contribution in [2.75, 3.05) is 0 Å². The van der Waals surface area contributed by atoms with Crippen molar-refractivity contribution in [2.45, 2.75) is 25.3 Å². The fraction of sp³-hybridized carbons (Fsp3) is 0.714. The molecule has 0 aromatic rings. The average Bonchev–Trinajstić information content (AvgIpc) is 2.11. The summed E-state index contributed by atoms with van der Waals surface area (Å²) in [4.78, 5) is 10.9. The van der Waals surface area contributed by atoms with Crippen LogP contribution in [0.1, 0.15) is 6.92 Å². The molecule has 0 heterocycles. The Hall–Kier alpha value is -1.68. The number of carbonyl (C=O) groups is 1. The number of nitrogens with two attached hydrogens (primary N) is 1. The summed E-state index contributed by atoms with van der Waals surface area (Å²) < 4.78 is 72.6. The maximum atomic E-state index is 12.1. The Morgan fingerprint density at radius 2 is 1.61 bits per heavy atom. The molecular weight excluding hydrogens is 272 g/mol. The van der Waals surface area contributed by atoms with Gasteiger partial charge in [0.05, 0.1) is 6.04 Å². The normalized spacial score (nSPS) is 15.7. The quantitative estimate of drug-likeness (QED) is 0.237. The summed E-state index contributed by atoms with van der Waals surface area (Å²) in [5.41, 5.74) is 4.91. The third-order valence-corrected chi connectivity index (χ3v) is 1.83. The molecule has 18 heavy (non-hydrogen) atoms. The van der Waals surface area contributed by atoms with Crippen molar-refractivity contribution in [3.63, 3.8) is 0 Å². The zero-order valence-electron chi connectivity index (χ0n) is 8.80. The number of nitrogens with zero attached hydrogens (tertiary/aromatic N) is 1. The first-order chi connectivity index (χ1) is 7.91. The molecular formula is C7H9F6N3O2. The molecule has 0 spiro atoms. The molecule has 11 heteroatoms. The molecule has 0 aromatic heterocycles. The van der Waals surface area contributed by atoms with Crippen LogP contribution in [0.3, 0.4) is 0 Å². The van der Waals surface area contributed by atoms with Crippen LogP contribution in [0.2, 0.25) is 0 Å². The van der Waals surface area contributed by atoms with Crippen LogP contribution < -0.4 is 11.1 Å². The van der Waals surface area contributed by atoms with Gasteiger partial charge in [0.25, 0.3) is 0 Å². The summed E-state index contributed by atoms with van der Waals surface area (Å²) in [6, 6.07) is -1.48. The summed E-state index contributed by atoms with van der Waals surface area (Å²) >= 11 is 0. The van der Waals surface area contributed by atoms with Gasteiger partial charge in [-0.05, 0) is 6.92 Å². The van der Waals surface area contributed by atoms with Gasteiger partial charge in [0.1, 0.15) is 0 Å². The van der Waals surface area contributed by atoms with E-state index in [1.54, 1.807) is 0 Å². The number of nitrogens with one attached hydrogen (secondary N) is 1. The number of amides is 1. The minimum Gasteiger partial charge on any atom is -0.409 e. The number of oxime groups is 1. The van der Waals surface area contributed by atoms with Crippen LogP contribution in [0.15, 0.2) is 5.16 Å². The van der Waals surface area contributed by atoms with Gasteiger partial charge in [0.15, 0.2) is 5.84 Å². The molecule has 4 N–H and O–H groups in total. The van der Waals surface area contributed by atoms with Gasteiger partial charge in [-0.1, -0.05) is 5.16 Å². The van der Waals surface area contributed by atoms with E-state index in [1.165, 1.54) is 5.32 Å². The minimum absolute atomic E-state index is 0.730. The molecule has 5 nitrogen and oxygen atoms in total. The Kier molecular flexibility index (Phi) is 4.82. The summed E-state index contributed by atoms with van der Waals surface area (Å²) in [6.07, 6.45) is -11.6. The summed E-state index contributed by atoms with van der Waals surface area (Å²) in [5, 5.41) is 11.8. The molecule has 0 aliphatic carbocycles. The van der Waals surface area contributed by atoms with E-state index in [2.05, 4.69) is 5.16 Å². The van der Waals surface area contributed by atoms with Crippen molar-refractivity contribution >= 4 is 11.7 Å². The molecule has 0 aromatic carbocycles. The van der Waals surface area contributed by atoms with Gasteiger partial charge in [-0.3, -0.25) is 4.79 Å². The Labute approximate surface area is 96.6 Å². The Morgan fingerprint density at radius 1 is 1.22 bits per heavy atom. The molecule has 0 bridgehead atoms. The predicted octanol–water partition coefficient (Wildman–Crippen LogP) is 0.978. The largest absolute Gasteiger partial charge is 0.409 e. The van der Waals surface area contributed by atoms with Crippen molar-refractivity contribution in [3.8, 4) is 0 Å². The number of hydrogen-bond acceptors (Lipinski definition) is 3. The van der Waals surface area contributed by atoms with E-state index >= 15 is 0 Å². The summed E-state index contributed by atoms with van der Waals surface area (Å²) in [5.74, 6) is -7.22. The van der Waals surface area contributed by atoms with Crippen LogP contribution in [0.4, 0.5) is 26.3 Å². The standard InChI is InChI=1S/C7H9F6N3O2/c1-2(4(14)16-18)15-5(17)3(6(8,9)10)7(11,12)13/h2-3,18H,1H3,(H2,14,16)(H,15,17). The molecule has 0 saturated heterocycles. The maximum absolute atomic E-state index is 12.1. The first-order valence-corrected chi connectivity index (χ1v) is 4.32. The molecule has 0 rings (SSSR count). The maximum Gasteiger partial charge on any atom is 0.409 e. The average molecular weight is 281 g/mol. The molecule has 106 valence electrons. The molecule has 0 radical (unpaired) electrons. The van der Waals surface area contributed by atoms with Crippen LogP contribution >= 0.6 is 0 Å². The second kappa shape index (κ2) is 5.31. The van der Waals surface area contributed by atoms with Crippen LogP contribution in [-0.4, -0.2) is 35.3 Å². The SMILES string of the molecule is CC(NC(=O)C(C(F)(F)F)C(F)(F)F)C(N)=NO. The van der Waals surface area contributed by atoms with Crippen molar-refractivity contribution in [3.05, 3.63) is 0 Å². The first-order valence-electron chi connectivity index (χ1n) is 4.32. The first kappa shape index (κ1) is 16.3. The third-order valence-electron chi connectivity index (χ3n) is 1.83. The zero-order valence-corrected chi connectivity index (χ0v) is 8.80. The molecule has 1 unspecified atom stereocenters. The highest BCUT2D eigenvalue weighted by atomic mass is 19.4. The Morgan fingerprint density at radius 3 is 1.89 bits per heavy atom. The highest BCUT2D eigenvalue weighted by Crippen LogP contribution is 2.39. The molecule has 0 saturated carbocycles. The highest BCUT2D eigenvalue weighted by molar-refractivity contribution is 5.90. The van der Waals surface area contributed by atoms with Crippen LogP contribution in [0.25, 0.3) is 0 Å². The number of halogens is 6. The minimum atomic E-state index is -5.78. The van der Waals surface area contributed by atoms with Gasteiger partial charge in [-0.2, -0.15) is 26.3 Å². The van der Waals surface area contributed by atoms with Gasteiger partial charge in [0.2, 0.25) is 11.8 Å². The fourth-order valence-electron chi connectivity index (χ4n) is 0.940. The van der Waals surface area contributed by atoms with Crippen LogP contribution in [0, 0.1) is 5.92 Å². The molecule has 0 aliphatic heterocycles. The van der Waals surface area contributed by atoms with Crippen molar-refractivity contribution in [1.82, 2.24) is 5.32 Å². The number of amidine groups is 1. The number of hydrogen-bond donors (Lipinski definition) is 3. The zero-order chi connectivity index (χ0) is 14.7. The Bertz CT molecular complexity index is 323. The van der Waals surface area contributed by atoms with Gasteiger partial charge >= 0.3 is 12.4 Å². The summed E-state index contributed by atoms with van der Waals surface area (Å²) in [6.45, 7) is 0.955. The van der Waals surface area contributed by atoms with E-state index in [9.17, 15) is 31.1 Å². The van der Waals surface area contributed by atoms with Gasteiger partial charge in [-0.25, -0.2) is 0 Å². The van der Waals surface area contributed by atoms with E-state index in [1.807, 2.05) is 0 Å². The number of alkyl halides is 6. The van der Waals surface area contributed by atoms with Gasteiger partial charge in [-0.15, -0.1) is 0 Å². The van der Waals surface area contributed by atoms with Crippen molar-refractivity contribution in [2.24, 2.45) is 16.8 Å². The fourth-order valence-corrected chi connectivity index (χ4v) is 0.940. The van der Waals surface area contributed by atoms with Crippen LogP contribution in [0.5, 0.6) is 0 Å². The smallest absolute Gasteiger partial charge is 0.409 e. The molecule has 1 amide bonds. The van der Waals surface area contributed by atoms with E-state index in [0.717, 1.165) is 6.92 Å². The molecule has 1 atom stereocenters. The second-order valence-corrected chi connectivity index (χ2v) is 3.27. The van der Waals surface area contributed by atoms with E-state index in [0.29, 0.717) is 0 Å². The third kappa shape index (κ3) is 4.30. The lowest BCUT2D eigenvalue weighted by Gasteiger charge is -2.23. The van der Waals surface area contributed by atoms with Gasteiger partial charge in [0, 0.05) is 0 Å². The number of rotatable bonds is 3. The molecule has 0 fully saturated rings. The van der Waals surface area contributed by atoms with Crippen molar-refractivity contribution < 1.29 is 36.3 Å². The lowest BCUT2D eigenvalue weighted by molar-refractivity contribution is -0.274. The Balaban J connectivity index is 5.03. The van der Waals surface area contributed by atoms with E-state index < -0.39 is 36.1 Å². The molecule has 0 aliphatic rings. The van der Waals surface area contributed by atoms with E-state index in [4.69, 9.17) is 10.9 Å². The monoisotopic (exact) mass is 281 g/mol. The lowest BCUT2D eigenvalue weighted by atomic mass is 10.1. The summed E-state index contributed by atoms with van der Waals surface area (Å²) in [7, 11) is 0. The predicted molar refractivity (Wildman–Crippen MR) is 46.6 cm³/mol. The highest BCUT2D eigenvalue weighted by Gasteiger charge is 2.61. The van der Waals surface area contributed by atoms with Crippen molar-refractivity contribution in [1.29, 1.82) is 0 Å². The number of carbonyl (C=O) groups excluding carboxylic acids is 1.